The van der Waals surface area contributed by atoms with Gasteiger partial charge in [0, 0.05) is 0 Å². The molecule has 0 atom stereocenters. The zero-order valence-corrected chi connectivity index (χ0v) is 13.5. The first-order chi connectivity index (χ1) is 10.2. The van der Waals surface area contributed by atoms with Crippen LogP contribution in [0, 0.1) is 6.92 Å². The first-order valence-electron chi connectivity index (χ1n) is 8.07. The van der Waals surface area contributed by atoms with E-state index in [9.17, 15) is 0 Å². The van der Waals surface area contributed by atoms with Gasteiger partial charge < -0.3 is 4.74 Å². The van der Waals surface area contributed by atoms with Crippen LogP contribution in [0.1, 0.15) is 44.2 Å². The van der Waals surface area contributed by atoms with Crippen molar-refractivity contribution >= 4 is 0 Å². The number of hydrogen-bond acceptors (Lipinski definition) is 1. The fourth-order valence-corrected chi connectivity index (χ4v) is 2.46. The van der Waals surface area contributed by atoms with Gasteiger partial charge in [0.1, 0.15) is 5.75 Å². The Balaban J connectivity index is 2.06. The third-order valence-corrected chi connectivity index (χ3v) is 3.88. The number of benzene rings is 2. The second kappa shape index (κ2) is 7.87. The summed E-state index contributed by atoms with van der Waals surface area (Å²) in [7, 11) is 0. The summed E-state index contributed by atoms with van der Waals surface area (Å²) in [6.07, 6.45) is 4.69. The summed E-state index contributed by atoms with van der Waals surface area (Å²) in [6.45, 7) is 7.34. The van der Waals surface area contributed by atoms with Gasteiger partial charge in [0.05, 0.1) is 6.61 Å². The van der Waals surface area contributed by atoms with Crippen molar-refractivity contribution in [3.63, 3.8) is 0 Å². The average molecular weight is 282 g/mol. The van der Waals surface area contributed by atoms with Crippen molar-refractivity contribution in [1.82, 2.24) is 0 Å². The van der Waals surface area contributed by atoms with Gasteiger partial charge in [-0.3, -0.25) is 0 Å². The van der Waals surface area contributed by atoms with Gasteiger partial charge in [0.2, 0.25) is 0 Å². The molecular formula is C20H26O. The fourth-order valence-electron chi connectivity index (χ4n) is 2.46. The molecule has 2 rings (SSSR count). The molecule has 0 aromatic heterocycles. The molecule has 0 fully saturated rings. The minimum atomic E-state index is 0.819. The highest BCUT2D eigenvalue weighted by Gasteiger charge is 2.03. The summed E-state index contributed by atoms with van der Waals surface area (Å²) < 4.78 is 5.87. The van der Waals surface area contributed by atoms with Gasteiger partial charge in [-0.15, -0.1) is 0 Å². The molecule has 0 radical (unpaired) electrons. The van der Waals surface area contributed by atoms with Crippen LogP contribution in [0.4, 0.5) is 0 Å². The molecule has 0 saturated carbocycles. The van der Waals surface area contributed by atoms with Crippen LogP contribution in [0.25, 0.3) is 11.1 Å². The molecule has 2 aromatic carbocycles. The van der Waals surface area contributed by atoms with E-state index in [4.69, 9.17) is 4.74 Å². The van der Waals surface area contributed by atoms with Crippen molar-refractivity contribution in [3.05, 3.63) is 53.6 Å². The zero-order valence-electron chi connectivity index (χ0n) is 13.5. The Morgan fingerprint density at radius 2 is 1.57 bits per heavy atom. The first-order valence-corrected chi connectivity index (χ1v) is 8.07. The van der Waals surface area contributed by atoms with Gasteiger partial charge in [-0.2, -0.15) is 0 Å². The quantitative estimate of drug-likeness (QED) is 0.584. The highest BCUT2D eigenvalue weighted by Crippen LogP contribution is 2.26. The Hall–Kier alpha value is -1.76. The van der Waals surface area contributed by atoms with Crippen LogP contribution >= 0.6 is 0 Å². The monoisotopic (exact) mass is 282 g/mol. The molecule has 0 bridgehead atoms. The topological polar surface area (TPSA) is 9.23 Å². The Kier molecular flexibility index (Phi) is 5.86. The van der Waals surface area contributed by atoms with Gasteiger partial charge in [-0.1, -0.05) is 57.0 Å². The van der Waals surface area contributed by atoms with E-state index in [1.54, 1.807) is 0 Å². The molecule has 0 saturated heterocycles. The van der Waals surface area contributed by atoms with Crippen LogP contribution < -0.4 is 4.74 Å². The normalized spacial score (nSPS) is 10.6. The molecule has 0 spiro atoms. The van der Waals surface area contributed by atoms with Crippen LogP contribution in [0.5, 0.6) is 5.75 Å². The van der Waals surface area contributed by atoms with E-state index in [0.29, 0.717) is 0 Å². The highest BCUT2D eigenvalue weighted by molar-refractivity contribution is 5.65. The number of ether oxygens (including phenoxy) is 1. The minimum absolute atomic E-state index is 0.819. The molecule has 1 nitrogen and oxygen atoms in total. The lowest BCUT2D eigenvalue weighted by Crippen LogP contribution is -1.98. The third kappa shape index (κ3) is 4.35. The molecule has 0 aliphatic rings. The van der Waals surface area contributed by atoms with E-state index in [0.717, 1.165) is 25.2 Å². The van der Waals surface area contributed by atoms with Gasteiger partial charge in [-0.05, 0) is 54.2 Å². The van der Waals surface area contributed by atoms with Crippen molar-refractivity contribution < 1.29 is 4.74 Å². The van der Waals surface area contributed by atoms with Crippen molar-refractivity contribution in [1.29, 1.82) is 0 Å². The Bertz CT molecular complexity index is 555. The maximum atomic E-state index is 5.87. The number of rotatable bonds is 7. The summed E-state index contributed by atoms with van der Waals surface area (Å²) in [4.78, 5) is 0. The molecule has 1 heteroatoms. The fraction of sp³-hybridized carbons (Fsp3) is 0.400. The van der Waals surface area contributed by atoms with Gasteiger partial charge in [0.25, 0.3) is 0 Å². The summed E-state index contributed by atoms with van der Waals surface area (Å²) >= 11 is 0. The van der Waals surface area contributed by atoms with E-state index >= 15 is 0 Å². The van der Waals surface area contributed by atoms with E-state index < -0.39 is 0 Å². The Labute approximate surface area is 129 Å². The van der Waals surface area contributed by atoms with Gasteiger partial charge >= 0.3 is 0 Å². The van der Waals surface area contributed by atoms with E-state index in [2.05, 4.69) is 63.2 Å². The SMILES string of the molecule is CCCCCOc1ccc(-c2ccc(CC)cc2)cc1C. The lowest BCUT2D eigenvalue weighted by molar-refractivity contribution is 0.304. The third-order valence-electron chi connectivity index (χ3n) is 3.88. The Morgan fingerprint density at radius 1 is 0.857 bits per heavy atom. The van der Waals surface area contributed by atoms with Crippen molar-refractivity contribution in [2.45, 2.75) is 46.5 Å². The van der Waals surface area contributed by atoms with Crippen LogP contribution in [-0.2, 0) is 6.42 Å². The number of aryl methyl sites for hydroxylation is 2. The molecule has 0 aliphatic carbocycles. The molecule has 2 aromatic rings. The zero-order chi connectivity index (χ0) is 15.1. The van der Waals surface area contributed by atoms with Crippen molar-refractivity contribution in [2.24, 2.45) is 0 Å². The molecule has 0 unspecified atom stereocenters. The second-order valence-electron chi connectivity index (χ2n) is 5.59. The predicted molar refractivity (Wildman–Crippen MR) is 91.0 cm³/mol. The average Bonchev–Trinajstić information content (AvgIpc) is 2.53. The summed E-state index contributed by atoms with van der Waals surface area (Å²) in [5, 5.41) is 0. The molecule has 0 heterocycles. The lowest BCUT2D eigenvalue weighted by Gasteiger charge is -2.11. The van der Waals surface area contributed by atoms with E-state index in [1.165, 1.54) is 35.1 Å². The molecule has 21 heavy (non-hydrogen) atoms. The first kappa shape index (κ1) is 15.6. The number of hydrogen-bond donors (Lipinski definition) is 0. The molecule has 0 amide bonds. The highest BCUT2D eigenvalue weighted by atomic mass is 16.5. The summed E-state index contributed by atoms with van der Waals surface area (Å²) in [6, 6.07) is 15.3. The minimum Gasteiger partial charge on any atom is -0.493 e. The molecule has 0 N–H and O–H groups in total. The molecular weight excluding hydrogens is 256 g/mol. The standard InChI is InChI=1S/C20H26O/c1-4-6-7-14-21-20-13-12-19(15-16(20)3)18-10-8-17(5-2)9-11-18/h8-13,15H,4-7,14H2,1-3H3. The largest absolute Gasteiger partial charge is 0.493 e. The maximum Gasteiger partial charge on any atom is 0.122 e. The maximum absolute atomic E-state index is 5.87. The Morgan fingerprint density at radius 3 is 2.19 bits per heavy atom. The summed E-state index contributed by atoms with van der Waals surface area (Å²) in [5.74, 6) is 1.01. The molecule has 112 valence electrons. The van der Waals surface area contributed by atoms with Gasteiger partial charge in [-0.25, -0.2) is 0 Å². The predicted octanol–water partition coefficient (Wildman–Crippen LogP) is 5.79. The van der Waals surface area contributed by atoms with Crippen molar-refractivity contribution in [3.8, 4) is 16.9 Å². The smallest absolute Gasteiger partial charge is 0.122 e. The van der Waals surface area contributed by atoms with Crippen LogP contribution in [-0.4, -0.2) is 6.61 Å². The van der Waals surface area contributed by atoms with Crippen LogP contribution in [0.15, 0.2) is 42.5 Å². The van der Waals surface area contributed by atoms with Crippen LogP contribution in [0.3, 0.4) is 0 Å². The van der Waals surface area contributed by atoms with Gasteiger partial charge in [0.15, 0.2) is 0 Å². The second-order valence-corrected chi connectivity index (χ2v) is 5.59. The van der Waals surface area contributed by atoms with Crippen LogP contribution in [0.2, 0.25) is 0 Å². The summed E-state index contributed by atoms with van der Waals surface area (Å²) in [5.41, 5.74) is 5.12. The van der Waals surface area contributed by atoms with Crippen molar-refractivity contribution in [2.75, 3.05) is 6.61 Å². The molecule has 0 aliphatic heterocycles. The number of unbranched alkanes of at least 4 members (excludes halogenated alkanes) is 2. The lowest BCUT2D eigenvalue weighted by atomic mass is 10.0. The van der Waals surface area contributed by atoms with E-state index in [1.807, 2.05) is 0 Å². The van der Waals surface area contributed by atoms with E-state index in [-0.39, 0.29) is 0 Å².